The third-order valence-corrected chi connectivity index (χ3v) is 2.07. The van der Waals surface area contributed by atoms with Crippen molar-refractivity contribution in [1.82, 2.24) is 4.98 Å². The van der Waals surface area contributed by atoms with Crippen LogP contribution in [-0.4, -0.2) is 10.8 Å². The Labute approximate surface area is 91.4 Å². The van der Waals surface area contributed by atoms with E-state index in [0.717, 1.165) is 0 Å². The molecule has 0 bridgehead atoms. The van der Waals surface area contributed by atoms with Crippen LogP contribution in [0.25, 0.3) is 6.08 Å². The number of nitrogens with one attached hydrogen (secondary N) is 1. The van der Waals surface area contributed by atoms with Gasteiger partial charge in [0, 0.05) is 6.20 Å². The van der Waals surface area contributed by atoms with Crippen molar-refractivity contribution >= 4 is 23.5 Å². The maximum absolute atomic E-state index is 11.5. The molecule has 2 aromatic heterocycles. The van der Waals surface area contributed by atoms with Gasteiger partial charge in [-0.3, -0.25) is 4.79 Å². The quantitative estimate of drug-likeness (QED) is 0.639. The third kappa shape index (κ3) is 2.39. The fourth-order valence-corrected chi connectivity index (χ4v) is 1.31. The predicted molar refractivity (Wildman–Crippen MR) is 57.9 cm³/mol. The number of ketones is 1. The lowest BCUT2D eigenvalue weighted by Gasteiger charge is -1.87. The van der Waals surface area contributed by atoms with Crippen molar-refractivity contribution in [3.05, 3.63) is 53.2 Å². The number of H-pyrrole nitrogens is 1. The number of allylic oxidation sites excluding steroid dienone is 1. The first-order chi connectivity index (χ1) is 7.25. The highest BCUT2D eigenvalue weighted by Gasteiger charge is 2.03. The molecular formula is C11H8ClNO2. The summed E-state index contributed by atoms with van der Waals surface area (Å²) in [4.78, 5) is 14.3. The van der Waals surface area contributed by atoms with Gasteiger partial charge in [-0.05, 0) is 30.4 Å². The second kappa shape index (κ2) is 4.19. The van der Waals surface area contributed by atoms with Crippen LogP contribution in [0.5, 0.6) is 0 Å². The number of halogens is 1. The Hall–Kier alpha value is -1.74. The van der Waals surface area contributed by atoms with Crippen LogP contribution in [0.4, 0.5) is 0 Å². The average Bonchev–Trinajstić information content (AvgIpc) is 2.84. The molecular weight excluding hydrogens is 214 g/mol. The van der Waals surface area contributed by atoms with E-state index >= 15 is 0 Å². The minimum atomic E-state index is -0.140. The van der Waals surface area contributed by atoms with Crippen molar-refractivity contribution in [2.75, 3.05) is 0 Å². The van der Waals surface area contributed by atoms with Gasteiger partial charge < -0.3 is 9.40 Å². The van der Waals surface area contributed by atoms with E-state index in [1.807, 2.05) is 0 Å². The zero-order chi connectivity index (χ0) is 10.7. The zero-order valence-electron chi connectivity index (χ0n) is 7.74. The summed E-state index contributed by atoms with van der Waals surface area (Å²) in [6.07, 6.45) is 6.16. The van der Waals surface area contributed by atoms with Crippen LogP contribution in [-0.2, 0) is 0 Å². The van der Waals surface area contributed by atoms with E-state index in [2.05, 4.69) is 4.98 Å². The number of hydrogen-bond acceptors (Lipinski definition) is 2. The first-order valence-electron chi connectivity index (χ1n) is 4.35. The Morgan fingerprint density at radius 2 is 2.40 bits per heavy atom. The lowest BCUT2D eigenvalue weighted by Crippen LogP contribution is -1.93. The molecule has 0 atom stereocenters. The average molecular weight is 222 g/mol. The number of aromatic nitrogens is 1. The van der Waals surface area contributed by atoms with Crippen LogP contribution in [0.15, 0.2) is 41.2 Å². The fraction of sp³-hybridized carbons (Fsp3) is 0. The highest BCUT2D eigenvalue weighted by Crippen LogP contribution is 2.11. The smallest absolute Gasteiger partial charge is 0.202 e. The maximum atomic E-state index is 11.5. The van der Waals surface area contributed by atoms with Crippen molar-refractivity contribution in [3.63, 3.8) is 0 Å². The number of carbonyl (C=O) groups is 1. The third-order valence-electron chi connectivity index (χ3n) is 1.86. The van der Waals surface area contributed by atoms with Crippen LogP contribution in [0.2, 0.25) is 5.02 Å². The summed E-state index contributed by atoms with van der Waals surface area (Å²) in [7, 11) is 0. The summed E-state index contributed by atoms with van der Waals surface area (Å²) in [6.45, 7) is 0. The molecule has 0 unspecified atom stereocenters. The normalized spacial score (nSPS) is 11.0. The molecule has 0 aliphatic heterocycles. The minimum Gasteiger partial charge on any atom is -0.465 e. The number of furan rings is 1. The molecule has 0 amide bonds. The van der Waals surface area contributed by atoms with Gasteiger partial charge >= 0.3 is 0 Å². The van der Waals surface area contributed by atoms with Gasteiger partial charge in [0.2, 0.25) is 5.78 Å². The van der Waals surface area contributed by atoms with Crippen molar-refractivity contribution in [3.8, 4) is 0 Å². The second-order valence-electron chi connectivity index (χ2n) is 2.94. The van der Waals surface area contributed by atoms with Crippen molar-refractivity contribution < 1.29 is 9.21 Å². The summed E-state index contributed by atoms with van der Waals surface area (Å²) in [5, 5.41) is 0.518. The minimum absolute atomic E-state index is 0.140. The van der Waals surface area contributed by atoms with Gasteiger partial charge in [0.1, 0.15) is 5.76 Å². The molecule has 0 spiro atoms. The number of aromatic amines is 1. The maximum Gasteiger partial charge on any atom is 0.202 e. The summed E-state index contributed by atoms with van der Waals surface area (Å²) < 4.78 is 5.05. The molecule has 0 radical (unpaired) electrons. The number of rotatable bonds is 3. The van der Waals surface area contributed by atoms with Gasteiger partial charge in [0.05, 0.1) is 17.0 Å². The van der Waals surface area contributed by atoms with Gasteiger partial charge in [0.25, 0.3) is 0 Å². The molecule has 2 rings (SSSR count). The predicted octanol–water partition coefficient (Wildman–Crippen LogP) is 3.16. The molecule has 0 aliphatic rings. The molecule has 1 N–H and O–H groups in total. The van der Waals surface area contributed by atoms with Crippen LogP contribution in [0.3, 0.4) is 0 Å². The molecule has 0 aromatic carbocycles. The van der Waals surface area contributed by atoms with E-state index in [9.17, 15) is 4.79 Å². The Bertz CT molecular complexity index is 482. The Morgan fingerprint density at radius 3 is 3.00 bits per heavy atom. The topological polar surface area (TPSA) is 46.0 Å². The van der Waals surface area contributed by atoms with E-state index in [4.69, 9.17) is 16.0 Å². The second-order valence-corrected chi connectivity index (χ2v) is 3.38. The van der Waals surface area contributed by atoms with Crippen molar-refractivity contribution in [2.24, 2.45) is 0 Å². The van der Waals surface area contributed by atoms with Crippen LogP contribution >= 0.6 is 11.6 Å². The molecule has 76 valence electrons. The monoisotopic (exact) mass is 221 g/mol. The van der Waals surface area contributed by atoms with E-state index in [1.165, 1.54) is 6.08 Å². The first kappa shape index (κ1) is 9.80. The Morgan fingerprint density at radius 1 is 1.53 bits per heavy atom. The van der Waals surface area contributed by atoms with Gasteiger partial charge in [-0.1, -0.05) is 11.6 Å². The van der Waals surface area contributed by atoms with Gasteiger partial charge in [0.15, 0.2) is 0 Å². The fourth-order valence-electron chi connectivity index (χ4n) is 1.14. The molecule has 0 saturated carbocycles. The Kier molecular flexibility index (Phi) is 2.74. The van der Waals surface area contributed by atoms with Gasteiger partial charge in [-0.2, -0.15) is 0 Å². The van der Waals surface area contributed by atoms with Crippen LogP contribution in [0.1, 0.15) is 16.2 Å². The highest BCUT2D eigenvalue weighted by atomic mass is 35.5. The Balaban J connectivity index is 2.10. The SMILES string of the molecule is O=C(/C=C/c1ccco1)c1cc(Cl)c[nH]1. The van der Waals surface area contributed by atoms with Crippen LogP contribution < -0.4 is 0 Å². The lowest BCUT2D eigenvalue weighted by molar-refractivity contribution is 0.104. The van der Waals surface area contributed by atoms with E-state index in [-0.39, 0.29) is 5.78 Å². The summed E-state index contributed by atoms with van der Waals surface area (Å²) in [5.74, 6) is 0.499. The van der Waals surface area contributed by atoms with E-state index < -0.39 is 0 Å². The zero-order valence-corrected chi connectivity index (χ0v) is 8.49. The molecule has 0 aliphatic carbocycles. The van der Waals surface area contributed by atoms with Crippen molar-refractivity contribution in [1.29, 1.82) is 0 Å². The molecule has 0 saturated heterocycles. The van der Waals surface area contributed by atoms with E-state index in [0.29, 0.717) is 16.5 Å². The van der Waals surface area contributed by atoms with Crippen LogP contribution in [0, 0.1) is 0 Å². The first-order valence-corrected chi connectivity index (χ1v) is 4.73. The number of hydrogen-bond donors (Lipinski definition) is 1. The summed E-state index contributed by atoms with van der Waals surface area (Å²) in [5.41, 5.74) is 0.461. The molecule has 2 aromatic rings. The largest absolute Gasteiger partial charge is 0.465 e. The molecule has 15 heavy (non-hydrogen) atoms. The number of carbonyl (C=O) groups excluding carboxylic acids is 1. The summed E-state index contributed by atoms with van der Waals surface area (Å²) >= 11 is 5.68. The van der Waals surface area contributed by atoms with E-state index in [1.54, 1.807) is 36.7 Å². The standard InChI is InChI=1S/C11H8ClNO2/c12-8-6-10(13-7-8)11(14)4-3-9-2-1-5-15-9/h1-7,13H/b4-3+. The summed E-state index contributed by atoms with van der Waals surface area (Å²) in [6, 6.07) is 5.11. The van der Waals surface area contributed by atoms with Gasteiger partial charge in [-0.25, -0.2) is 0 Å². The lowest BCUT2D eigenvalue weighted by atomic mass is 10.2. The van der Waals surface area contributed by atoms with Crippen molar-refractivity contribution in [2.45, 2.75) is 0 Å². The highest BCUT2D eigenvalue weighted by molar-refractivity contribution is 6.31. The molecule has 2 heterocycles. The molecule has 3 nitrogen and oxygen atoms in total. The van der Waals surface area contributed by atoms with Gasteiger partial charge in [-0.15, -0.1) is 0 Å². The molecule has 4 heteroatoms. The molecule has 0 fully saturated rings.